The second-order valence-corrected chi connectivity index (χ2v) is 4.01. The van der Waals surface area contributed by atoms with Crippen LogP contribution in [0.5, 0.6) is 11.5 Å². The third-order valence-electron chi connectivity index (χ3n) is 2.34. The summed E-state index contributed by atoms with van der Waals surface area (Å²) in [5.74, 6) is 0.521. The lowest BCUT2D eigenvalue weighted by atomic mass is 10.1. The molecule has 0 fully saturated rings. The van der Waals surface area contributed by atoms with Crippen LogP contribution in [0.1, 0.15) is 10.4 Å². The predicted molar refractivity (Wildman–Crippen MR) is 65.2 cm³/mol. The lowest BCUT2D eigenvalue weighted by Crippen LogP contribution is -2.26. The maximum atomic E-state index is 11.7. The van der Waals surface area contributed by atoms with Crippen LogP contribution in [0, 0.1) is 0 Å². The largest absolute Gasteiger partial charge is 0.497 e. The second-order valence-electron chi connectivity index (χ2n) is 3.45. The standard InChI is InChI=1S/C11H10BrNO4/c1-16-6-2-7(9(14)4-12)11-8(3-6)13-10(15)5-17-11/h2-3H,4-5H2,1H3,(H,13,15). The first-order valence-electron chi connectivity index (χ1n) is 4.89. The SMILES string of the molecule is COc1cc2c(c(C(=O)CBr)c1)OCC(=O)N2. The zero-order valence-electron chi connectivity index (χ0n) is 9.08. The molecule has 5 nitrogen and oxygen atoms in total. The molecule has 0 atom stereocenters. The highest BCUT2D eigenvalue weighted by Crippen LogP contribution is 2.36. The number of benzene rings is 1. The number of halogens is 1. The number of anilines is 1. The molecule has 0 spiro atoms. The molecule has 1 aliphatic heterocycles. The fourth-order valence-electron chi connectivity index (χ4n) is 1.57. The molecule has 1 aliphatic rings. The zero-order valence-corrected chi connectivity index (χ0v) is 10.7. The number of rotatable bonds is 3. The first kappa shape index (κ1) is 11.9. The van der Waals surface area contributed by atoms with Gasteiger partial charge in [0.25, 0.3) is 5.91 Å². The highest BCUT2D eigenvalue weighted by molar-refractivity contribution is 9.09. The Hall–Kier alpha value is -1.56. The van der Waals surface area contributed by atoms with E-state index in [-0.39, 0.29) is 23.6 Å². The Morgan fingerprint density at radius 1 is 1.59 bits per heavy atom. The van der Waals surface area contributed by atoms with E-state index >= 15 is 0 Å². The molecule has 1 amide bonds. The molecule has 1 heterocycles. The van der Waals surface area contributed by atoms with Gasteiger partial charge in [-0.05, 0) is 6.07 Å². The van der Waals surface area contributed by atoms with Crippen LogP contribution in [0.15, 0.2) is 12.1 Å². The van der Waals surface area contributed by atoms with Crippen LogP contribution in [-0.4, -0.2) is 30.7 Å². The summed E-state index contributed by atoms with van der Waals surface area (Å²) in [5.41, 5.74) is 0.862. The maximum absolute atomic E-state index is 11.7. The van der Waals surface area contributed by atoms with Crippen molar-refractivity contribution in [2.45, 2.75) is 0 Å². The van der Waals surface area contributed by atoms with E-state index in [1.54, 1.807) is 12.1 Å². The molecule has 0 bridgehead atoms. The van der Waals surface area contributed by atoms with Crippen molar-refractivity contribution in [3.05, 3.63) is 17.7 Å². The van der Waals surface area contributed by atoms with Gasteiger partial charge in [0, 0.05) is 6.07 Å². The number of carbonyl (C=O) groups excluding carboxylic acids is 2. The van der Waals surface area contributed by atoms with E-state index in [4.69, 9.17) is 9.47 Å². The van der Waals surface area contributed by atoms with E-state index < -0.39 is 0 Å². The monoisotopic (exact) mass is 299 g/mol. The van der Waals surface area contributed by atoms with Gasteiger partial charge in [0.15, 0.2) is 18.1 Å². The molecular weight excluding hydrogens is 290 g/mol. The molecule has 17 heavy (non-hydrogen) atoms. The van der Waals surface area contributed by atoms with E-state index in [2.05, 4.69) is 21.2 Å². The minimum Gasteiger partial charge on any atom is -0.497 e. The lowest BCUT2D eigenvalue weighted by molar-refractivity contribution is -0.118. The molecule has 6 heteroatoms. The van der Waals surface area contributed by atoms with Crippen molar-refractivity contribution in [3.8, 4) is 11.5 Å². The number of hydrogen-bond acceptors (Lipinski definition) is 4. The van der Waals surface area contributed by atoms with Crippen LogP contribution in [0.25, 0.3) is 0 Å². The summed E-state index contributed by atoms with van der Waals surface area (Å²) in [5, 5.41) is 2.83. The zero-order chi connectivity index (χ0) is 12.4. The normalized spacial score (nSPS) is 13.4. The molecule has 0 radical (unpaired) electrons. The number of Topliss-reactive ketones (excluding diaryl/α,β-unsaturated/α-hetero) is 1. The molecular formula is C11H10BrNO4. The van der Waals surface area contributed by atoms with E-state index in [0.717, 1.165) is 0 Å². The van der Waals surface area contributed by atoms with Crippen molar-refractivity contribution < 1.29 is 19.1 Å². The minimum absolute atomic E-state index is 0.0815. The van der Waals surface area contributed by atoms with Crippen LogP contribution < -0.4 is 14.8 Å². The van der Waals surface area contributed by atoms with Crippen molar-refractivity contribution in [1.82, 2.24) is 0 Å². The highest BCUT2D eigenvalue weighted by Gasteiger charge is 2.23. The van der Waals surface area contributed by atoms with Gasteiger partial charge in [0.05, 0.1) is 23.7 Å². The molecule has 1 aromatic rings. The summed E-state index contributed by atoms with van der Waals surface area (Å²) in [7, 11) is 1.50. The number of ketones is 1. The topological polar surface area (TPSA) is 64.6 Å². The molecule has 0 saturated heterocycles. The number of fused-ring (bicyclic) bond motifs is 1. The van der Waals surface area contributed by atoms with Crippen molar-refractivity contribution in [1.29, 1.82) is 0 Å². The van der Waals surface area contributed by atoms with E-state index in [9.17, 15) is 9.59 Å². The van der Waals surface area contributed by atoms with Crippen LogP contribution in [0.3, 0.4) is 0 Å². The summed E-state index contributed by atoms with van der Waals surface area (Å²) in [4.78, 5) is 22.9. The number of carbonyl (C=O) groups is 2. The van der Waals surface area contributed by atoms with E-state index in [1.807, 2.05) is 0 Å². The van der Waals surface area contributed by atoms with E-state index in [0.29, 0.717) is 22.7 Å². The quantitative estimate of drug-likeness (QED) is 0.680. The van der Waals surface area contributed by atoms with Gasteiger partial charge in [0.1, 0.15) is 5.75 Å². The van der Waals surface area contributed by atoms with Gasteiger partial charge in [-0.15, -0.1) is 0 Å². The van der Waals surface area contributed by atoms with Gasteiger partial charge in [-0.1, -0.05) is 15.9 Å². The van der Waals surface area contributed by atoms with Crippen molar-refractivity contribution >= 4 is 33.3 Å². The van der Waals surface area contributed by atoms with Gasteiger partial charge >= 0.3 is 0 Å². The molecule has 0 aromatic heterocycles. The number of amides is 1. The van der Waals surface area contributed by atoms with Gasteiger partial charge < -0.3 is 14.8 Å². The number of nitrogens with one attached hydrogen (secondary N) is 1. The number of hydrogen-bond donors (Lipinski definition) is 1. The van der Waals surface area contributed by atoms with Crippen molar-refractivity contribution in [3.63, 3.8) is 0 Å². The molecule has 0 saturated carbocycles. The smallest absolute Gasteiger partial charge is 0.262 e. The van der Waals surface area contributed by atoms with E-state index in [1.165, 1.54) is 7.11 Å². The first-order chi connectivity index (χ1) is 8.15. The van der Waals surface area contributed by atoms with Gasteiger partial charge in [0.2, 0.25) is 0 Å². The van der Waals surface area contributed by atoms with Gasteiger partial charge in [-0.25, -0.2) is 0 Å². The average molecular weight is 300 g/mol. The lowest BCUT2D eigenvalue weighted by Gasteiger charge is -2.21. The predicted octanol–water partition coefficient (Wildman–Crippen LogP) is 1.60. The summed E-state index contributed by atoms with van der Waals surface area (Å²) in [6.07, 6.45) is 0. The van der Waals surface area contributed by atoms with Gasteiger partial charge in [-0.2, -0.15) is 0 Å². The third-order valence-corrected chi connectivity index (χ3v) is 2.85. The van der Waals surface area contributed by atoms with Crippen molar-refractivity contribution in [2.75, 3.05) is 24.4 Å². The molecule has 1 N–H and O–H groups in total. The number of alkyl halides is 1. The molecule has 1 aromatic carbocycles. The summed E-state index contributed by atoms with van der Waals surface area (Å²) in [6.45, 7) is -0.0815. The fraction of sp³-hybridized carbons (Fsp3) is 0.273. The Kier molecular flexibility index (Phi) is 3.33. The van der Waals surface area contributed by atoms with Crippen LogP contribution >= 0.6 is 15.9 Å². The Bertz CT molecular complexity index is 487. The summed E-state index contributed by atoms with van der Waals surface area (Å²) >= 11 is 3.10. The second kappa shape index (κ2) is 4.75. The first-order valence-corrected chi connectivity index (χ1v) is 6.01. The molecule has 0 unspecified atom stereocenters. The third kappa shape index (κ3) is 2.26. The van der Waals surface area contributed by atoms with Crippen molar-refractivity contribution in [2.24, 2.45) is 0 Å². The minimum atomic E-state index is -0.247. The Morgan fingerprint density at radius 3 is 3.00 bits per heavy atom. The summed E-state index contributed by atoms with van der Waals surface area (Å²) in [6, 6.07) is 3.22. The molecule has 90 valence electrons. The fourth-order valence-corrected chi connectivity index (χ4v) is 1.87. The van der Waals surface area contributed by atoms with Crippen LogP contribution in [-0.2, 0) is 4.79 Å². The Balaban J connectivity index is 2.54. The highest BCUT2D eigenvalue weighted by atomic mass is 79.9. The number of methoxy groups -OCH3 is 1. The Labute approximate surface area is 106 Å². The number of ether oxygens (including phenoxy) is 2. The molecule has 0 aliphatic carbocycles. The van der Waals surface area contributed by atoms with Gasteiger partial charge in [-0.3, -0.25) is 9.59 Å². The van der Waals surface area contributed by atoms with Crippen LogP contribution in [0.2, 0.25) is 0 Å². The molecule has 2 rings (SSSR count). The summed E-state index contributed by atoms with van der Waals surface area (Å²) < 4.78 is 10.4. The Morgan fingerprint density at radius 2 is 2.35 bits per heavy atom. The van der Waals surface area contributed by atoms with Crippen LogP contribution in [0.4, 0.5) is 5.69 Å². The average Bonchev–Trinajstić information content (AvgIpc) is 2.35. The maximum Gasteiger partial charge on any atom is 0.262 e.